The number of amides is 1. The molecule has 1 saturated heterocycles. The van der Waals surface area contributed by atoms with Crippen molar-refractivity contribution in [2.24, 2.45) is 0 Å². The zero-order chi connectivity index (χ0) is 16.2. The van der Waals surface area contributed by atoms with E-state index in [4.69, 9.17) is 0 Å². The van der Waals surface area contributed by atoms with Crippen LogP contribution in [0.15, 0.2) is 24.5 Å². The summed E-state index contributed by atoms with van der Waals surface area (Å²) >= 11 is 0. The fraction of sp³-hybridized carbons (Fsp3) is 0.562. The van der Waals surface area contributed by atoms with Crippen molar-refractivity contribution in [3.05, 3.63) is 30.2 Å². The van der Waals surface area contributed by atoms with Gasteiger partial charge in [0.2, 0.25) is 5.91 Å². The summed E-state index contributed by atoms with van der Waals surface area (Å²) in [4.78, 5) is 14.5. The van der Waals surface area contributed by atoms with Crippen molar-refractivity contribution in [1.29, 1.82) is 0 Å². The first kappa shape index (κ1) is 15.7. The predicted molar refractivity (Wildman–Crippen MR) is 88.2 cm³/mol. The van der Waals surface area contributed by atoms with Crippen molar-refractivity contribution < 1.29 is 4.79 Å². The lowest BCUT2D eigenvalue weighted by atomic mass is 9.95. The van der Waals surface area contributed by atoms with E-state index in [0.29, 0.717) is 12.5 Å². The van der Waals surface area contributed by atoms with Crippen LogP contribution in [-0.2, 0) is 4.79 Å². The Balaban J connectivity index is 1.56. The number of hydrogen-bond donors (Lipinski definition) is 2. The molecule has 1 amide bonds. The fourth-order valence-electron chi connectivity index (χ4n) is 3.16. The van der Waals surface area contributed by atoms with Gasteiger partial charge in [-0.15, -0.1) is 0 Å². The summed E-state index contributed by atoms with van der Waals surface area (Å²) < 4.78 is 1.82. The number of H-pyrrole nitrogens is 1. The second-order valence-electron chi connectivity index (χ2n) is 6.39. The van der Waals surface area contributed by atoms with Crippen molar-refractivity contribution >= 4 is 11.7 Å². The van der Waals surface area contributed by atoms with Crippen molar-refractivity contribution in [2.75, 3.05) is 25.0 Å². The van der Waals surface area contributed by atoms with Crippen LogP contribution in [0.3, 0.4) is 0 Å². The first-order chi connectivity index (χ1) is 11.1. The molecule has 3 rings (SSSR count). The molecule has 7 nitrogen and oxygen atoms in total. The molecule has 0 spiro atoms. The molecule has 1 aliphatic heterocycles. The molecule has 1 atom stereocenters. The summed E-state index contributed by atoms with van der Waals surface area (Å²) in [7, 11) is 0. The first-order valence-corrected chi connectivity index (χ1v) is 8.18. The van der Waals surface area contributed by atoms with Gasteiger partial charge in [-0.3, -0.25) is 14.8 Å². The van der Waals surface area contributed by atoms with Crippen LogP contribution in [0.5, 0.6) is 0 Å². The van der Waals surface area contributed by atoms with Crippen molar-refractivity contribution in [2.45, 2.75) is 38.6 Å². The largest absolute Gasteiger partial charge is 0.310 e. The van der Waals surface area contributed by atoms with Crippen molar-refractivity contribution in [1.82, 2.24) is 24.9 Å². The molecule has 0 aliphatic carbocycles. The van der Waals surface area contributed by atoms with Crippen LogP contribution < -0.4 is 5.32 Å². The lowest BCUT2D eigenvalue weighted by Crippen LogP contribution is -2.40. The summed E-state index contributed by atoms with van der Waals surface area (Å²) in [5, 5.41) is 14.3. The average molecular weight is 316 g/mol. The lowest BCUT2D eigenvalue weighted by molar-refractivity contribution is -0.117. The molecule has 2 aromatic heterocycles. The van der Waals surface area contributed by atoms with E-state index in [-0.39, 0.29) is 11.9 Å². The SMILES string of the molecule is CC(C)n1nccc1NC(=O)CN1CCC[C@H](c2ccn[nH]2)C1. The average Bonchev–Trinajstić information content (AvgIpc) is 3.18. The Morgan fingerprint density at radius 1 is 1.43 bits per heavy atom. The third-order valence-electron chi connectivity index (χ3n) is 4.26. The van der Waals surface area contributed by atoms with E-state index < -0.39 is 0 Å². The minimum atomic E-state index is 0.0117. The van der Waals surface area contributed by atoms with Gasteiger partial charge in [0.05, 0.1) is 12.7 Å². The highest BCUT2D eigenvalue weighted by Gasteiger charge is 2.24. The Hall–Kier alpha value is -2.15. The Morgan fingerprint density at radius 3 is 3.04 bits per heavy atom. The number of nitrogens with one attached hydrogen (secondary N) is 2. The molecule has 124 valence electrons. The van der Waals surface area contributed by atoms with E-state index in [2.05, 4.69) is 25.5 Å². The highest BCUT2D eigenvalue weighted by Crippen LogP contribution is 2.25. The van der Waals surface area contributed by atoms with E-state index in [1.165, 1.54) is 0 Å². The van der Waals surface area contributed by atoms with Crippen LogP contribution in [0.4, 0.5) is 5.82 Å². The normalized spacial score (nSPS) is 19.2. The number of aromatic amines is 1. The fourth-order valence-corrected chi connectivity index (χ4v) is 3.16. The number of hydrogen-bond acceptors (Lipinski definition) is 4. The summed E-state index contributed by atoms with van der Waals surface area (Å²) in [6.45, 7) is 6.35. The quantitative estimate of drug-likeness (QED) is 0.884. The van der Waals surface area contributed by atoms with Crippen LogP contribution in [0.25, 0.3) is 0 Å². The molecule has 0 aromatic carbocycles. The molecule has 23 heavy (non-hydrogen) atoms. The van der Waals surface area contributed by atoms with Crippen molar-refractivity contribution in [3.8, 4) is 0 Å². The van der Waals surface area contributed by atoms with Crippen LogP contribution in [-0.4, -0.2) is 50.4 Å². The number of piperidine rings is 1. The molecular formula is C16H24N6O. The number of aromatic nitrogens is 4. The third-order valence-corrected chi connectivity index (χ3v) is 4.26. The number of nitrogens with zero attached hydrogens (tertiary/aromatic N) is 4. The molecule has 0 saturated carbocycles. The third kappa shape index (κ3) is 3.79. The van der Waals surface area contributed by atoms with E-state index in [0.717, 1.165) is 37.4 Å². The second-order valence-corrected chi connectivity index (χ2v) is 6.39. The highest BCUT2D eigenvalue weighted by atomic mass is 16.2. The first-order valence-electron chi connectivity index (χ1n) is 8.18. The molecular weight excluding hydrogens is 292 g/mol. The molecule has 0 radical (unpaired) electrons. The summed E-state index contributed by atoms with van der Waals surface area (Å²) in [6, 6.07) is 4.08. The van der Waals surface area contributed by atoms with Gasteiger partial charge in [0.1, 0.15) is 5.82 Å². The molecule has 2 N–H and O–H groups in total. The van der Waals surface area contributed by atoms with Gasteiger partial charge in [-0.05, 0) is 39.3 Å². The number of likely N-dealkylation sites (tertiary alicyclic amines) is 1. The molecule has 1 aliphatic rings. The maximum atomic E-state index is 12.3. The minimum Gasteiger partial charge on any atom is -0.310 e. The second kappa shape index (κ2) is 6.95. The maximum absolute atomic E-state index is 12.3. The molecule has 0 unspecified atom stereocenters. The zero-order valence-corrected chi connectivity index (χ0v) is 13.7. The summed E-state index contributed by atoms with van der Waals surface area (Å²) in [5.74, 6) is 1.20. The predicted octanol–water partition coefficient (Wildman–Crippen LogP) is 2.01. The van der Waals surface area contributed by atoms with Gasteiger partial charge in [0.15, 0.2) is 0 Å². The van der Waals surface area contributed by atoms with Crippen molar-refractivity contribution in [3.63, 3.8) is 0 Å². The van der Waals surface area contributed by atoms with E-state index in [9.17, 15) is 4.79 Å². The van der Waals surface area contributed by atoms with Gasteiger partial charge in [0, 0.05) is 36.5 Å². The maximum Gasteiger partial charge on any atom is 0.239 e. The number of anilines is 1. The molecule has 2 aromatic rings. The van der Waals surface area contributed by atoms with E-state index >= 15 is 0 Å². The van der Waals surface area contributed by atoms with E-state index in [1.807, 2.05) is 30.7 Å². The Kier molecular flexibility index (Phi) is 4.76. The summed E-state index contributed by atoms with van der Waals surface area (Å²) in [5.41, 5.74) is 1.16. The van der Waals surface area contributed by atoms with Crippen LogP contribution in [0.1, 0.15) is 44.3 Å². The van der Waals surface area contributed by atoms with Gasteiger partial charge >= 0.3 is 0 Å². The molecule has 7 heteroatoms. The summed E-state index contributed by atoms with van der Waals surface area (Å²) in [6.07, 6.45) is 5.74. The molecule has 3 heterocycles. The molecule has 1 fully saturated rings. The lowest BCUT2D eigenvalue weighted by Gasteiger charge is -2.31. The Labute approximate surface area is 136 Å². The Bertz CT molecular complexity index is 633. The van der Waals surface area contributed by atoms with Gasteiger partial charge in [-0.25, -0.2) is 4.68 Å². The van der Waals surface area contributed by atoms with Crippen LogP contribution in [0, 0.1) is 0 Å². The van der Waals surface area contributed by atoms with E-state index in [1.54, 1.807) is 12.4 Å². The minimum absolute atomic E-state index is 0.0117. The number of rotatable bonds is 5. The highest BCUT2D eigenvalue weighted by molar-refractivity contribution is 5.91. The monoisotopic (exact) mass is 316 g/mol. The smallest absolute Gasteiger partial charge is 0.239 e. The Morgan fingerprint density at radius 2 is 2.30 bits per heavy atom. The van der Waals surface area contributed by atoms with Gasteiger partial charge < -0.3 is 5.32 Å². The topological polar surface area (TPSA) is 78.8 Å². The van der Waals surface area contributed by atoms with Crippen LogP contribution in [0.2, 0.25) is 0 Å². The zero-order valence-electron chi connectivity index (χ0n) is 13.7. The van der Waals surface area contributed by atoms with Gasteiger partial charge in [-0.1, -0.05) is 0 Å². The number of carbonyl (C=O) groups is 1. The van der Waals surface area contributed by atoms with Gasteiger partial charge in [-0.2, -0.15) is 10.2 Å². The molecule has 0 bridgehead atoms. The van der Waals surface area contributed by atoms with Gasteiger partial charge in [0.25, 0.3) is 0 Å². The number of carbonyl (C=O) groups excluding carboxylic acids is 1. The standard InChI is InChI=1S/C16H24N6O/c1-12(2)22-15(6-8-18-22)19-16(23)11-21-9-3-4-13(10-21)14-5-7-17-20-14/h5-8,12-13H,3-4,9-11H2,1-2H3,(H,17,20)(H,19,23)/t13-/m0/s1. The van der Waals surface area contributed by atoms with Crippen LogP contribution >= 0.6 is 0 Å².